The van der Waals surface area contributed by atoms with Crippen LogP contribution in [-0.2, 0) is 15.9 Å². The van der Waals surface area contributed by atoms with Gasteiger partial charge in [-0.2, -0.15) is 9.97 Å². The van der Waals surface area contributed by atoms with E-state index in [4.69, 9.17) is 40.5 Å². The maximum Gasteiger partial charge on any atom is 0.415 e. The van der Waals surface area contributed by atoms with E-state index in [1.165, 1.54) is 30.2 Å². The van der Waals surface area contributed by atoms with Crippen LogP contribution in [0, 0.1) is 11.6 Å². The van der Waals surface area contributed by atoms with Crippen LogP contribution in [-0.4, -0.2) is 99.8 Å². The van der Waals surface area contributed by atoms with Crippen LogP contribution in [0.5, 0.6) is 11.8 Å². The van der Waals surface area contributed by atoms with E-state index in [-0.39, 0.29) is 89.0 Å². The van der Waals surface area contributed by atoms with Gasteiger partial charge in [0.15, 0.2) is 12.6 Å². The number of carbonyl (C=O) groups excluding carboxylic acids is 1. The fraction of sp³-hybridized carbons (Fsp3) is 0.561. The number of anilines is 1. The van der Waals surface area contributed by atoms with E-state index >= 15 is 17.6 Å². The van der Waals surface area contributed by atoms with Crippen LogP contribution in [0.4, 0.5) is 28.2 Å². The quantitative estimate of drug-likeness (QED) is 0.102. The first-order chi connectivity index (χ1) is 27.1. The number of hydrogen-bond donors (Lipinski definition) is 0. The van der Waals surface area contributed by atoms with Gasteiger partial charge in [0.2, 0.25) is 11.6 Å². The van der Waals surface area contributed by atoms with Crippen molar-refractivity contribution in [1.29, 1.82) is 0 Å². The second-order valence-corrected chi connectivity index (χ2v) is 17.4. The predicted octanol–water partition coefficient (Wildman–Crippen LogP) is 8.65. The van der Waals surface area contributed by atoms with E-state index in [9.17, 15) is 4.79 Å². The Balaban J connectivity index is 1.24. The number of rotatable bonds is 7. The Kier molecular flexibility index (Phi) is 9.20. The summed E-state index contributed by atoms with van der Waals surface area (Å²) in [7, 11) is 1.46. The summed E-state index contributed by atoms with van der Waals surface area (Å²) in [4.78, 5) is 32.5. The number of hydrogen-bond acceptors (Lipinski definition) is 10. The van der Waals surface area contributed by atoms with Gasteiger partial charge in [-0.15, -0.1) is 0 Å². The van der Waals surface area contributed by atoms with Crippen molar-refractivity contribution < 1.29 is 41.3 Å². The number of piperazine rings is 1. The molecule has 0 radical (unpaired) electrons. The minimum atomic E-state index is -2.47. The van der Waals surface area contributed by atoms with E-state index in [0.717, 1.165) is 38.8 Å². The molecule has 0 spiro atoms. The van der Waals surface area contributed by atoms with E-state index in [0.29, 0.717) is 28.2 Å². The summed E-state index contributed by atoms with van der Waals surface area (Å²) in [6.45, 7) is 6.53. The van der Waals surface area contributed by atoms with Crippen LogP contribution < -0.4 is 14.4 Å². The first kappa shape index (κ1) is 38.3. The number of methoxy groups -OCH3 is 1. The molecule has 5 aliphatic heterocycles. The zero-order chi connectivity index (χ0) is 40.1. The van der Waals surface area contributed by atoms with Gasteiger partial charge in [-0.25, -0.2) is 32.2 Å². The summed E-state index contributed by atoms with van der Waals surface area (Å²) < 4.78 is 90.5. The van der Waals surface area contributed by atoms with E-state index in [2.05, 4.69) is 9.88 Å². The average molecular weight is 813 g/mol. The van der Waals surface area contributed by atoms with Crippen molar-refractivity contribution in [1.82, 2.24) is 24.8 Å². The molecular formula is C41H45ClF4N6O5. The molecule has 16 heteroatoms. The standard InChI is InChI=1S/C41H45ClF4N6O5/c1-38(2,3)57-37(53)52-40(45)14-15-41(52,46)28-9-5-8-27-30-34(48-36(49-35(30)51(28)20-40)55-21-39-12-6-16-50(39)17-7-13-39)32(44)33(47-27)25-19-24(56-22-54-4)18-23-10-11-26(43)31(42)29(23)25/h10-11,18-19,28H,5-9,12-17,20-22H2,1-4H3/t28-,40-,41+/m1/s1. The number of carbonyl (C=O) groups is 1. The summed E-state index contributed by atoms with van der Waals surface area (Å²) >= 11 is 6.59. The van der Waals surface area contributed by atoms with Crippen molar-refractivity contribution >= 4 is 45.2 Å². The molecule has 2 aromatic heterocycles. The zero-order valence-electron chi connectivity index (χ0n) is 32.4. The van der Waals surface area contributed by atoms with Crippen LogP contribution in [0.15, 0.2) is 24.3 Å². The molecule has 2 aromatic carbocycles. The average Bonchev–Trinajstić information content (AvgIpc) is 3.80. The molecule has 304 valence electrons. The third-order valence-electron chi connectivity index (χ3n) is 12.4. The highest BCUT2D eigenvalue weighted by molar-refractivity contribution is 6.37. The molecule has 57 heavy (non-hydrogen) atoms. The highest BCUT2D eigenvalue weighted by atomic mass is 35.5. The zero-order valence-corrected chi connectivity index (χ0v) is 33.2. The summed E-state index contributed by atoms with van der Waals surface area (Å²) in [6, 6.07) is 4.70. The largest absolute Gasteiger partial charge is 0.468 e. The number of aryl methyl sites for hydroxylation is 1. The smallest absolute Gasteiger partial charge is 0.415 e. The Bertz CT molecular complexity index is 2290. The molecule has 5 aliphatic rings. The molecule has 0 saturated carbocycles. The number of pyridine rings is 1. The van der Waals surface area contributed by atoms with Gasteiger partial charge in [0.1, 0.15) is 40.8 Å². The molecule has 0 aliphatic carbocycles. The molecule has 1 amide bonds. The summed E-state index contributed by atoms with van der Waals surface area (Å²) in [6.07, 6.45) is 3.04. The molecule has 9 rings (SSSR count). The van der Waals surface area contributed by atoms with Gasteiger partial charge in [0.25, 0.3) is 0 Å². The van der Waals surface area contributed by atoms with Gasteiger partial charge in [-0.3, -0.25) is 4.90 Å². The van der Waals surface area contributed by atoms with E-state index < -0.39 is 47.5 Å². The third-order valence-corrected chi connectivity index (χ3v) is 12.7. The first-order valence-corrected chi connectivity index (χ1v) is 20.0. The Morgan fingerprint density at radius 3 is 2.49 bits per heavy atom. The van der Waals surface area contributed by atoms with Crippen LogP contribution in [0.25, 0.3) is 32.9 Å². The van der Waals surface area contributed by atoms with Crippen molar-refractivity contribution in [3.8, 4) is 23.0 Å². The third kappa shape index (κ3) is 6.21. The number of aromatic nitrogens is 3. The lowest BCUT2D eigenvalue weighted by Gasteiger charge is -2.52. The lowest BCUT2D eigenvalue weighted by Crippen LogP contribution is -2.71. The Labute approximate surface area is 332 Å². The Morgan fingerprint density at radius 2 is 1.75 bits per heavy atom. The minimum absolute atomic E-state index is 0.0701. The second kappa shape index (κ2) is 13.7. The van der Waals surface area contributed by atoms with E-state index in [1.54, 1.807) is 26.8 Å². The van der Waals surface area contributed by atoms with Crippen LogP contribution in [0.2, 0.25) is 5.02 Å². The molecule has 11 nitrogen and oxygen atoms in total. The molecule has 0 unspecified atom stereocenters. The van der Waals surface area contributed by atoms with Crippen molar-refractivity contribution in [3.05, 3.63) is 46.6 Å². The lowest BCUT2D eigenvalue weighted by molar-refractivity contribution is -0.133. The number of fused-ring (bicyclic) bond motifs is 7. The highest BCUT2D eigenvalue weighted by Crippen LogP contribution is 2.55. The molecule has 0 N–H and O–H groups in total. The molecule has 4 saturated heterocycles. The summed E-state index contributed by atoms with van der Waals surface area (Å²) in [5.41, 5.74) is -1.01. The van der Waals surface area contributed by atoms with Gasteiger partial charge < -0.3 is 23.8 Å². The fourth-order valence-corrected chi connectivity index (χ4v) is 10.2. The molecule has 4 aromatic rings. The van der Waals surface area contributed by atoms with Crippen molar-refractivity contribution in [3.63, 3.8) is 0 Å². The number of ether oxygens (including phenoxy) is 4. The molecular weight excluding hydrogens is 768 g/mol. The van der Waals surface area contributed by atoms with Crippen LogP contribution in [0.1, 0.15) is 77.8 Å². The highest BCUT2D eigenvalue weighted by Gasteiger charge is 2.69. The Hall–Kier alpha value is -4.21. The van der Waals surface area contributed by atoms with Gasteiger partial charge in [-0.1, -0.05) is 17.7 Å². The van der Waals surface area contributed by atoms with E-state index in [1.807, 2.05) is 0 Å². The predicted molar refractivity (Wildman–Crippen MR) is 205 cm³/mol. The summed E-state index contributed by atoms with van der Waals surface area (Å²) in [5.74, 6) is -6.14. The number of nitrogens with zero attached hydrogens (tertiary/aromatic N) is 6. The Morgan fingerprint density at radius 1 is 0.982 bits per heavy atom. The molecule has 4 fully saturated rings. The number of benzene rings is 2. The fourth-order valence-electron chi connectivity index (χ4n) is 9.95. The first-order valence-electron chi connectivity index (χ1n) is 19.6. The SMILES string of the molecule is COCOc1cc(-c2nc3c4c(nc(OCC56CCCN5CCC6)nc4c2F)N2C[C@@]4(F)CC[C@@](F)([C@H]2CCC3)N4C(=O)OC(C)(C)C)c2c(Cl)c(F)ccc2c1. The molecule has 7 heterocycles. The monoisotopic (exact) mass is 812 g/mol. The maximum absolute atomic E-state index is 17.7. The van der Waals surface area contributed by atoms with Crippen molar-refractivity contribution in [2.45, 2.75) is 107 Å². The number of alkyl halides is 2. The van der Waals surface area contributed by atoms with Gasteiger partial charge in [-0.05, 0) is 102 Å². The normalized spacial score (nSPS) is 25.4. The maximum atomic E-state index is 17.7. The summed E-state index contributed by atoms with van der Waals surface area (Å²) in [5, 5.41) is 0.643. The van der Waals surface area contributed by atoms with Crippen LogP contribution in [0.3, 0.4) is 0 Å². The van der Waals surface area contributed by atoms with Crippen LogP contribution >= 0.6 is 11.6 Å². The number of amides is 1. The van der Waals surface area contributed by atoms with Gasteiger partial charge in [0, 0.05) is 30.9 Å². The minimum Gasteiger partial charge on any atom is -0.468 e. The molecule has 2 bridgehead atoms. The van der Waals surface area contributed by atoms with Gasteiger partial charge >= 0.3 is 12.1 Å². The topological polar surface area (TPSA) is 102 Å². The van der Waals surface area contributed by atoms with Crippen molar-refractivity contribution in [2.24, 2.45) is 0 Å². The molecule has 3 atom stereocenters. The lowest BCUT2D eigenvalue weighted by atomic mass is 9.91. The van der Waals surface area contributed by atoms with Crippen molar-refractivity contribution in [2.75, 3.05) is 45.0 Å². The second-order valence-electron chi connectivity index (χ2n) is 17.1. The number of halogens is 5. The van der Waals surface area contributed by atoms with Gasteiger partial charge in [0.05, 0.1) is 34.2 Å².